The first kappa shape index (κ1) is 77.5. The van der Waals surface area contributed by atoms with Crippen LogP contribution in [0.2, 0.25) is 0 Å². The van der Waals surface area contributed by atoms with Gasteiger partial charge in [-0.05, 0) is 63.1 Å². The zero-order chi connectivity index (χ0) is 72.1. The monoisotopic (exact) mass is 1530 g/mol. The fourth-order valence-electron chi connectivity index (χ4n) is 11.4. The van der Waals surface area contributed by atoms with E-state index in [9.17, 15) is 43.8 Å². The van der Waals surface area contributed by atoms with Crippen molar-refractivity contribution in [3.63, 3.8) is 0 Å². The highest BCUT2D eigenvalue weighted by Gasteiger charge is 2.55. The van der Waals surface area contributed by atoms with Gasteiger partial charge in [-0.15, -0.1) is 0 Å². The van der Waals surface area contributed by atoms with Crippen molar-refractivity contribution in [2.45, 2.75) is 126 Å². The van der Waals surface area contributed by atoms with Gasteiger partial charge in [0.2, 0.25) is 5.95 Å². The number of anilines is 2. The summed E-state index contributed by atoms with van der Waals surface area (Å²) in [5.41, 5.74) is 8.51. The second kappa shape index (κ2) is 33.4. The quantitative estimate of drug-likeness (QED) is 0.0155. The van der Waals surface area contributed by atoms with Crippen LogP contribution in [0, 0.1) is 20.8 Å². The molecule has 0 aromatic carbocycles. The average Bonchev–Trinajstić information content (AvgIpc) is 1.61. The number of nitrogen functional groups attached to an aromatic ring is 2. The summed E-state index contributed by atoms with van der Waals surface area (Å²) in [5, 5.41) is 11.7. The van der Waals surface area contributed by atoms with Crippen molar-refractivity contribution in [3.05, 3.63) is 94.0 Å². The highest BCUT2D eigenvalue weighted by atomic mass is 32.5. The van der Waals surface area contributed by atoms with Gasteiger partial charge in [0, 0.05) is 52.0 Å². The van der Waals surface area contributed by atoms with Crippen LogP contribution in [0.3, 0.4) is 0 Å². The third-order valence-electron chi connectivity index (χ3n) is 16.1. The number of aromatic amines is 3. The summed E-state index contributed by atoms with van der Waals surface area (Å²) < 4.78 is 113. The van der Waals surface area contributed by atoms with Crippen LogP contribution in [0.25, 0.3) is 22.3 Å². The molecule has 0 radical (unpaired) electrons. The maximum Gasteiger partial charge on any atom is 0.351 e. The predicted molar refractivity (Wildman–Crippen MR) is 355 cm³/mol. The first-order valence-corrected chi connectivity index (χ1v) is 38.4. The molecule has 554 valence electrons. The number of hydrogen-bond acceptors (Lipinski definition) is 34. The maximum absolute atomic E-state index is 13.2. The molecule has 0 amide bonds. The number of aliphatic hydroxyl groups is 1. The molecule has 47 heteroatoms. The van der Waals surface area contributed by atoms with Crippen molar-refractivity contribution in [1.82, 2.24) is 58.1 Å². The van der Waals surface area contributed by atoms with Crippen LogP contribution in [0.15, 0.2) is 49.0 Å². The Balaban J connectivity index is 0.952. The number of rotatable bonds is 35. The van der Waals surface area contributed by atoms with Crippen LogP contribution >= 0.6 is 20.2 Å². The predicted octanol–water partition coefficient (Wildman–Crippen LogP) is -1.90. The van der Waals surface area contributed by atoms with Crippen LogP contribution in [0.4, 0.5) is 11.8 Å². The molecule has 100 heavy (non-hydrogen) atoms. The molecule has 0 bridgehead atoms. The number of aryl methyl sites for hydroxylation is 3. The Morgan fingerprint density at radius 3 is 1.44 bits per heavy atom. The lowest BCUT2D eigenvalue weighted by Gasteiger charge is -2.30. The molecule has 0 spiro atoms. The Morgan fingerprint density at radius 2 is 0.930 bits per heavy atom. The summed E-state index contributed by atoms with van der Waals surface area (Å²) in [4.78, 5) is 130. The highest BCUT2D eigenvalue weighted by Crippen LogP contribution is 2.55. The molecule has 10 heterocycles. The lowest BCUT2D eigenvalue weighted by Crippen LogP contribution is -2.41. The van der Waals surface area contributed by atoms with E-state index in [4.69, 9.17) is 131 Å². The number of nitrogens with two attached hydrogens (primary N) is 2. The average molecular weight is 1530 g/mol. The van der Waals surface area contributed by atoms with Crippen LogP contribution in [0.1, 0.15) is 48.8 Å². The molecule has 11 N–H and O–H groups in total. The van der Waals surface area contributed by atoms with Gasteiger partial charge in [-0.25, -0.2) is 24.5 Å². The van der Waals surface area contributed by atoms with Gasteiger partial charge in [-0.1, -0.05) is 0 Å². The normalized spacial score (nSPS) is 28.9. The van der Waals surface area contributed by atoms with Crippen LogP contribution in [-0.2, 0) is 119 Å². The molecule has 4 aliphatic rings. The molecule has 19 atom stereocenters. The summed E-state index contributed by atoms with van der Waals surface area (Å²) >= 11 is 17.1. The van der Waals surface area contributed by atoms with Gasteiger partial charge >= 0.3 is 31.5 Å². The molecule has 4 aliphatic heterocycles. The van der Waals surface area contributed by atoms with Crippen molar-refractivity contribution in [2.75, 3.05) is 113 Å². The van der Waals surface area contributed by atoms with E-state index in [0.29, 0.717) is 5.56 Å². The number of aliphatic hydroxyl groups excluding tert-OH is 1. The second-order valence-electron chi connectivity index (χ2n) is 23.0. The number of fused-ring (bicyclic) bond motifs is 2. The highest BCUT2D eigenvalue weighted by molar-refractivity contribution is 8.07. The number of ether oxygens (including phenoxy) is 12. The Morgan fingerprint density at radius 1 is 0.510 bits per heavy atom. The van der Waals surface area contributed by atoms with Crippen molar-refractivity contribution < 1.29 is 104 Å². The lowest BCUT2D eigenvalue weighted by atomic mass is 10.1. The van der Waals surface area contributed by atoms with E-state index in [1.54, 1.807) is 13.8 Å². The number of hydrogen-bond donors (Lipinski definition) is 9. The minimum Gasteiger partial charge on any atom is -0.387 e. The molecule has 0 aliphatic carbocycles. The smallest absolute Gasteiger partial charge is 0.351 e. The van der Waals surface area contributed by atoms with Gasteiger partial charge in [-0.3, -0.25) is 56.2 Å². The summed E-state index contributed by atoms with van der Waals surface area (Å²) in [6.45, 7) is -10.4. The van der Waals surface area contributed by atoms with Gasteiger partial charge in [0.1, 0.15) is 78.8 Å². The minimum absolute atomic E-state index is 0.00999. The topological polar surface area (TPSA) is 516 Å². The fraction of sp³-hybridized carbons (Fsp3) is 0.660. The van der Waals surface area contributed by atoms with Crippen LogP contribution in [-0.4, -0.2) is 252 Å². The van der Waals surface area contributed by atoms with E-state index in [0.717, 1.165) is 9.13 Å². The molecule has 4 fully saturated rings. The van der Waals surface area contributed by atoms with Gasteiger partial charge in [0.15, 0.2) is 47.2 Å². The molecule has 41 nitrogen and oxygen atoms in total. The summed E-state index contributed by atoms with van der Waals surface area (Å²) in [6.07, 6.45) is -16.9. The molecule has 0 saturated carbocycles. The molecular weight excluding hydrogens is 1450 g/mol. The van der Waals surface area contributed by atoms with Crippen LogP contribution < -0.4 is 39.5 Å². The zero-order valence-electron chi connectivity index (χ0n) is 54.7. The van der Waals surface area contributed by atoms with E-state index in [1.807, 2.05) is 0 Å². The van der Waals surface area contributed by atoms with E-state index >= 15 is 0 Å². The van der Waals surface area contributed by atoms with Gasteiger partial charge < -0.3 is 107 Å². The number of nitrogens with one attached hydrogen (secondary N) is 3. The van der Waals surface area contributed by atoms with E-state index in [2.05, 4.69) is 39.9 Å². The molecule has 6 aromatic heterocycles. The van der Waals surface area contributed by atoms with E-state index in [1.165, 1.54) is 76.5 Å². The number of aromatic nitrogens is 12. The molecule has 6 aromatic rings. The summed E-state index contributed by atoms with van der Waals surface area (Å²) in [6, 6.07) is 0. The Kier molecular flexibility index (Phi) is 25.9. The number of H-pyrrole nitrogens is 3. The number of methoxy groups -OCH3 is 4. The summed E-state index contributed by atoms with van der Waals surface area (Å²) in [5.74, 6) is -0.157. The first-order chi connectivity index (χ1) is 47.6. The SMILES string of the molecule is COCCO[C@H]1C(OP(O)(=S)OC[C@H]2O[C@@H](n3cnc4c(=O)[nH]c(N)nc43)[C@@H](OCCOC)C2OP(O)(=S)OC[C@H]2O[C@@H](n3cnc4c(=O)[nH]c(C)nc43)[C@@H](OCCOC)C2OP(O)(=S)OC[C@H]2O[C@@H](n3cc(C)c(N)nc3=O)[C@@H](OCCOC)C2O)[C@@H](C)O[C@H]1n1cc(C)c(=O)[nH]c1=O. The fourth-order valence-corrected chi connectivity index (χ4v) is 15.7. The number of imidazole rings is 2. The van der Waals surface area contributed by atoms with Crippen LogP contribution in [0.5, 0.6) is 0 Å². The van der Waals surface area contributed by atoms with Crippen molar-refractivity contribution in [1.29, 1.82) is 0 Å². The Bertz CT molecular complexity index is 4300. The van der Waals surface area contributed by atoms with Gasteiger partial charge in [-0.2, -0.15) is 9.97 Å². The zero-order valence-corrected chi connectivity index (χ0v) is 59.9. The Labute approximate surface area is 581 Å². The largest absolute Gasteiger partial charge is 0.387 e. The number of nitrogens with zero attached hydrogens (tertiary/aromatic N) is 9. The standard InChI is InChI=1S/C53H77N14O27P3S3/c1-24-17-64(52(72)60-41(24)54)47-37(81-13-9-77-5)33(68)28(89-47)19-85-96(75,99)93-35-30(90-49(39(35)83-15-11-79-7)66-22-56-31-42(66)58-27(4)59-45(31)70)21-87-97(76,100)94-36-29(91-50(40(36)84-16-12-80-8)67-23-57-32-43(67)61-51(55)62-46(32)71)20-86-95(74,98)92-34-26(3)88-48(38(34)82-14-10-78-6)65-18-25(2)44(69)63-53(65)73/h17-18,22-23,26,28-30,33-40,47-50,68H,9-16,19-21H2,1-8H3,(H,74,98)(H,75,99)(H,76,100)(H2,54,60,72)(H,58,59,70)(H,63,69,73)(H3,55,61,62,71)/t26-,28-,29-,30-,33?,34?,35?,36?,37+,38+,39+,40+,47-,48-,49-,50-,95?,96?,97?/m1/s1. The molecule has 4 saturated heterocycles. The lowest BCUT2D eigenvalue weighted by molar-refractivity contribution is -0.0827. The second-order valence-corrected chi connectivity index (χ2v) is 31.3. The first-order valence-electron chi connectivity index (χ1n) is 30.6. The summed E-state index contributed by atoms with van der Waals surface area (Å²) in [7, 11) is 5.68. The van der Waals surface area contributed by atoms with E-state index in [-0.39, 0.29) is 98.3 Å². The van der Waals surface area contributed by atoms with Crippen molar-refractivity contribution in [2.24, 2.45) is 0 Å². The van der Waals surface area contributed by atoms with Gasteiger partial charge in [0.25, 0.3) is 16.7 Å². The third kappa shape index (κ3) is 17.8. The van der Waals surface area contributed by atoms with Crippen molar-refractivity contribution >= 4 is 89.7 Å². The minimum atomic E-state index is -4.80. The molecular formula is C53H77N14O27P3S3. The Hall–Kier alpha value is -5.07. The van der Waals surface area contributed by atoms with Gasteiger partial charge in [0.05, 0.1) is 91.4 Å². The van der Waals surface area contributed by atoms with Crippen molar-refractivity contribution in [3.8, 4) is 0 Å². The maximum atomic E-state index is 13.2. The third-order valence-corrected chi connectivity index (χ3v) is 20.8. The molecule has 10 rings (SSSR count). The van der Waals surface area contributed by atoms with E-state index < -0.39 is 166 Å². The molecule has 7 unspecified atom stereocenters.